The van der Waals surface area contributed by atoms with E-state index < -0.39 is 5.54 Å². The van der Waals surface area contributed by atoms with Crippen molar-refractivity contribution in [3.63, 3.8) is 0 Å². The van der Waals surface area contributed by atoms with Crippen LogP contribution in [0.3, 0.4) is 0 Å². The van der Waals surface area contributed by atoms with Gasteiger partial charge in [-0.3, -0.25) is 0 Å². The van der Waals surface area contributed by atoms with E-state index in [9.17, 15) is 5.11 Å². The molecule has 0 aliphatic rings. The number of nitrogens with zero attached hydrogens (tertiary/aromatic N) is 2. The lowest BCUT2D eigenvalue weighted by molar-refractivity contribution is 0.223. The summed E-state index contributed by atoms with van der Waals surface area (Å²) in [7, 11) is 0. The molecule has 2 N–H and O–H groups in total. The Kier molecular flexibility index (Phi) is 4.57. The molecule has 5 heteroatoms. The number of aliphatic hydroxyl groups is 1. The summed E-state index contributed by atoms with van der Waals surface area (Å²) in [4.78, 5) is 8.53. The number of hydrogen-bond acceptors (Lipinski definition) is 4. The van der Waals surface area contributed by atoms with Crippen molar-refractivity contribution in [2.45, 2.75) is 25.8 Å². The average molecular weight is 292 g/mol. The molecule has 1 heterocycles. The van der Waals surface area contributed by atoms with Gasteiger partial charge >= 0.3 is 0 Å². The number of nitrogens with one attached hydrogen (secondary N) is 1. The van der Waals surface area contributed by atoms with E-state index in [0.717, 1.165) is 5.56 Å². The molecule has 0 fully saturated rings. The van der Waals surface area contributed by atoms with Crippen molar-refractivity contribution in [3.05, 3.63) is 52.9 Å². The highest BCUT2D eigenvalue weighted by atomic mass is 35.5. The third-order valence-electron chi connectivity index (χ3n) is 3.19. The number of benzene rings is 1. The Morgan fingerprint density at radius 3 is 2.55 bits per heavy atom. The number of rotatable bonds is 5. The molecule has 1 atom stereocenters. The lowest BCUT2D eigenvalue weighted by Crippen LogP contribution is -2.36. The Morgan fingerprint density at radius 1 is 1.25 bits per heavy atom. The van der Waals surface area contributed by atoms with Crippen LogP contribution in [-0.4, -0.2) is 21.7 Å². The lowest BCUT2D eigenvalue weighted by Gasteiger charge is -2.30. The van der Waals surface area contributed by atoms with Crippen molar-refractivity contribution >= 4 is 17.4 Å². The molecule has 0 amide bonds. The molecule has 1 unspecified atom stereocenters. The molecule has 4 nitrogen and oxygen atoms in total. The zero-order valence-electron chi connectivity index (χ0n) is 11.6. The zero-order chi connectivity index (χ0) is 14.6. The van der Waals surface area contributed by atoms with Gasteiger partial charge in [0.1, 0.15) is 16.8 Å². The number of anilines is 1. The molecule has 0 saturated carbocycles. The summed E-state index contributed by atoms with van der Waals surface area (Å²) in [6.45, 7) is 3.84. The lowest BCUT2D eigenvalue weighted by atomic mass is 9.93. The minimum Gasteiger partial charge on any atom is -0.394 e. The first-order chi connectivity index (χ1) is 9.57. The van der Waals surface area contributed by atoms with Crippen molar-refractivity contribution in [3.8, 4) is 0 Å². The largest absolute Gasteiger partial charge is 0.394 e. The van der Waals surface area contributed by atoms with Gasteiger partial charge in [0.25, 0.3) is 0 Å². The first kappa shape index (κ1) is 14.8. The normalized spacial score (nSPS) is 13.8. The molecule has 20 heavy (non-hydrogen) atoms. The topological polar surface area (TPSA) is 58.0 Å². The minimum absolute atomic E-state index is 0.0555. The van der Waals surface area contributed by atoms with Gasteiger partial charge in [0, 0.05) is 12.5 Å². The van der Waals surface area contributed by atoms with E-state index in [-0.39, 0.29) is 6.61 Å². The Balaban J connectivity index is 2.33. The van der Waals surface area contributed by atoms with E-state index in [2.05, 4.69) is 15.3 Å². The maximum Gasteiger partial charge on any atom is 0.134 e. The minimum atomic E-state index is -0.621. The molecule has 0 aliphatic heterocycles. The molecule has 2 aromatic rings. The first-order valence-corrected chi connectivity index (χ1v) is 6.93. The van der Waals surface area contributed by atoms with E-state index in [1.165, 1.54) is 0 Å². The van der Waals surface area contributed by atoms with Crippen molar-refractivity contribution in [2.75, 3.05) is 11.9 Å². The van der Waals surface area contributed by atoms with Crippen molar-refractivity contribution < 1.29 is 5.11 Å². The Hall–Kier alpha value is -1.65. The van der Waals surface area contributed by atoms with Gasteiger partial charge in [-0.15, -0.1) is 0 Å². The quantitative estimate of drug-likeness (QED) is 0.832. The van der Waals surface area contributed by atoms with Crippen LogP contribution in [0, 0.1) is 0 Å². The van der Waals surface area contributed by atoms with Crippen LogP contribution in [0.2, 0.25) is 5.15 Å². The molecule has 2 rings (SSSR count). The van der Waals surface area contributed by atoms with Crippen LogP contribution in [0.15, 0.2) is 36.4 Å². The second-order valence-electron chi connectivity index (χ2n) is 4.83. The highest BCUT2D eigenvalue weighted by molar-refractivity contribution is 6.29. The summed E-state index contributed by atoms with van der Waals surface area (Å²) in [5, 5.41) is 13.4. The van der Waals surface area contributed by atoms with E-state index in [4.69, 9.17) is 11.6 Å². The summed E-state index contributed by atoms with van der Waals surface area (Å²) in [5.74, 6) is 1.29. The Bertz CT molecular complexity index is 577. The van der Waals surface area contributed by atoms with E-state index in [0.29, 0.717) is 23.2 Å². The predicted octanol–water partition coefficient (Wildman–Crippen LogP) is 3.01. The van der Waals surface area contributed by atoms with Crippen molar-refractivity contribution in [1.82, 2.24) is 9.97 Å². The van der Waals surface area contributed by atoms with Crippen LogP contribution in [0.25, 0.3) is 0 Å². The molecular weight excluding hydrogens is 274 g/mol. The van der Waals surface area contributed by atoms with Gasteiger partial charge in [-0.05, 0) is 12.5 Å². The molecule has 1 aromatic carbocycles. The van der Waals surface area contributed by atoms with E-state index >= 15 is 0 Å². The number of halogens is 1. The number of hydrogen-bond donors (Lipinski definition) is 2. The van der Waals surface area contributed by atoms with Gasteiger partial charge in [0.15, 0.2) is 0 Å². The van der Waals surface area contributed by atoms with Gasteiger partial charge in [-0.25, -0.2) is 9.97 Å². The third kappa shape index (κ3) is 3.26. The van der Waals surface area contributed by atoms with E-state index in [1.807, 2.05) is 44.2 Å². The zero-order valence-corrected chi connectivity index (χ0v) is 12.4. The summed E-state index contributed by atoms with van der Waals surface area (Å²) in [5.41, 5.74) is 0.361. The fourth-order valence-corrected chi connectivity index (χ4v) is 2.18. The van der Waals surface area contributed by atoms with Gasteiger partial charge in [0.05, 0.1) is 12.1 Å². The molecular formula is C15H18ClN3O. The highest BCUT2D eigenvalue weighted by Gasteiger charge is 2.26. The second-order valence-corrected chi connectivity index (χ2v) is 5.21. The number of aromatic nitrogens is 2. The van der Waals surface area contributed by atoms with Crippen LogP contribution in [0.1, 0.15) is 25.2 Å². The molecule has 1 aromatic heterocycles. The average Bonchev–Trinajstić information content (AvgIpc) is 2.47. The summed E-state index contributed by atoms with van der Waals surface area (Å²) >= 11 is 5.99. The molecule has 0 aliphatic carbocycles. The SMILES string of the molecule is CCc1nc(Cl)cc(NC(C)(CO)c2ccccc2)n1. The smallest absolute Gasteiger partial charge is 0.134 e. The van der Waals surface area contributed by atoms with Crippen LogP contribution in [0.5, 0.6) is 0 Å². The Labute approximate surface area is 123 Å². The first-order valence-electron chi connectivity index (χ1n) is 6.55. The summed E-state index contributed by atoms with van der Waals surface area (Å²) < 4.78 is 0. The molecule has 106 valence electrons. The van der Waals surface area contributed by atoms with Gasteiger partial charge < -0.3 is 10.4 Å². The highest BCUT2D eigenvalue weighted by Crippen LogP contribution is 2.25. The molecule has 0 spiro atoms. The molecule has 0 radical (unpaired) electrons. The number of aryl methyl sites for hydroxylation is 1. The van der Waals surface area contributed by atoms with Gasteiger partial charge in [0.2, 0.25) is 0 Å². The molecule has 0 saturated heterocycles. The summed E-state index contributed by atoms with van der Waals surface area (Å²) in [6.07, 6.45) is 0.705. The molecule has 0 bridgehead atoms. The fraction of sp³-hybridized carbons (Fsp3) is 0.333. The monoisotopic (exact) mass is 291 g/mol. The van der Waals surface area contributed by atoms with Gasteiger partial charge in [-0.2, -0.15) is 0 Å². The van der Waals surface area contributed by atoms with Crippen LogP contribution in [0.4, 0.5) is 5.82 Å². The second kappa shape index (κ2) is 6.20. The maximum absolute atomic E-state index is 9.76. The number of aliphatic hydroxyl groups excluding tert-OH is 1. The van der Waals surface area contributed by atoms with Crippen LogP contribution < -0.4 is 5.32 Å². The van der Waals surface area contributed by atoms with Gasteiger partial charge in [-0.1, -0.05) is 48.9 Å². The van der Waals surface area contributed by atoms with Crippen molar-refractivity contribution in [2.24, 2.45) is 0 Å². The van der Waals surface area contributed by atoms with Crippen molar-refractivity contribution in [1.29, 1.82) is 0 Å². The Morgan fingerprint density at radius 2 is 1.95 bits per heavy atom. The standard InChI is InChI=1S/C15H18ClN3O/c1-3-13-17-12(16)9-14(18-13)19-15(2,10-20)11-7-5-4-6-8-11/h4-9,20H,3,10H2,1-2H3,(H,17,18,19). The van der Waals surface area contributed by atoms with Crippen LogP contribution >= 0.6 is 11.6 Å². The fourth-order valence-electron chi connectivity index (χ4n) is 1.98. The van der Waals surface area contributed by atoms with E-state index in [1.54, 1.807) is 6.07 Å². The predicted molar refractivity (Wildman–Crippen MR) is 80.9 cm³/mol. The van der Waals surface area contributed by atoms with Crippen LogP contribution in [-0.2, 0) is 12.0 Å². The third-order valence-corrected chi connectivity index (χ3v) is 3.38. The maximum atomic E-state index is 9.76. The summed E-state index contributed by atoms with van der Waals surface area (Å²) in [6, 6.07) is 11.4.